The maximum Gasteiger partial charge on any atom is 0.407 e. The smallest absolute Gasteiger partial charge is 0.407 e. The van der Waals surface area contributed by atoms with Crippen molar-refractivity contribution in [3.63, 3.8) is 0 Å². The molecule has 1 aromatic rings. The van der Waals surface area contributed by atoms with Crippen molar-refractivity contribution >= 4 is 17.4 Å². The van der Waals surface area contributed by atoms with Gasteiger partial charge in [-0.3, -0.25) is 0 Å². The van der Waals surface area contributed by atoms with Crippen molar-refractivity contribution in [2.24, 2.45) is 0 Å². The summed E-state index contributed by atoms with van der Waals surface area (Å²) in [6.45, 7) is 9.92. The maximum atomic E-state index is 11.8. The van der Waals surface area contributed by atoms with Crippen LogP contribution in [0.2, 0.25) is 0 Å². The summed E-state index contributed by atoms with van der Waals surface area (Å²) in [5.41, 5.74) is 2.59. The number of rotatable bonds is 4. The fourth-order valence-electron chi connectivity index (χ4n) is 3.03. The SMILES string of the molecule is Cc1ncsc1[C@H](C)NC1CCC(NC(=O)OC(C)(C)C)CC1. The number of carbonyl (C=O) groups is 1. The quantitative estimate of drug-likeness (QED) is 0.872. The summed E-state index contributed by atoms with van der Waals surface area (Å²) in [5, 5.41) is 6.69. The lowest BCUT2D eigenvalue weighted by atomic mass is 9.90. The highest BCUT2D eigenvalue weighted by Crippen LogP contribution is 2.25. The fraction of sp³-hybridized carbons (Fsp3) is 0.765. The average Bonchev–Trinajstić information content (AvgIpc) is 2.85. The van der Waals surface area contributed by atoms with Crippen LogP contribution in [0.1, 0.15) is 70.0 Å². The van der Waals surface area contributed by atoms with Gasteiger partial charge in [0.05, 0.1) is 11.2 Å². The van der Waals surface area contributed by atoms with Crippen molar-refractivity contribution < 1.29 is 9.53 Å². The molecule has 1 saturated carbocycles. The van der Waals surface area contributed by atoms with Crippen LogP contribution in [0.25, 0.3) is 0 Å². The summed E-state index contributed by atoms with van der Waals surface area (Å²) < 4.78 is 5.32. The molecule has 0 radical (unpaired) electrons. The highest BCUT2D eigenvalue weighted by atomic mass is 32.1. The molecule has 1 aliphatic rings. The molecule has 23 heavy (non-hydrogen) atoms. The first-order valence-corrected chi connectivity index (χ1v) is 9.28. The zero-order chi connectivity index (χ0) is 17.0. The molecule has 130 valence electrons. The van der Waals surface area contributed by atoms with E-state index in [1.807, 2.05) is 26.3 Å². The van der Waals surface area contributed by atoms with E-state index < -0.39 is 5.60 Å². The first kappa shape index (κ1) is 18.2. The Morgan fingerprint density at radius 1 is 1.30 bits per heavy atom. The molecule has 0 unspecified atom stereocenters. The second-order valence-corrected chi connectivity index (χ2v) is 8.27. The van der Waals surface area contributed by atoms with Crippen LogP contribution >= 0.6 is 11.3 Å². The number of alkyl carbamates (subject to hydrolysis) is 1. The van der Waals surface area contributed by atoms with Crippen molar-refractivity contribution in [1.82, 2.24) is 15.6 Å². The van der Waals surface area contributed by atoms with E-state index >= 15 is 0 Å². The zero-order valence-corrected chi connectivity index (χ0v) is 15.6. The van der Waals surface area contributed by atoms with Crippen LogP contribution in [-0.2, 0) is 4.74 Å². The summed E-state index contributed by atoms with van der Waals surface area (Å²) in [4.78, 5) is 17.5. The molecule has 1 heterocycles. The van der Waals surface area contributed by atoms with Crippen molar-refractivity contribution in [2.45, 2.75) is 84.0 Å². The zero-order valence-electron chi connectivity index (χ0n) is 14.8. The number of aryl methyl sites for hydroxylation is 1. The molecule has 0 aliphatic heterocycles. The molecular formula is C17H29N3O2S. The van der Waals surface area contributed by atoms with Gasteiger partial charge in [0.15, 0.2) is 0 Å². The lowest BCUT2D eigenvalue weighted by Crippen LogP contribution is -2.44. The molecule has 5 nitrogen and oxygen atoms in total. The second kappa shape index (κ2) is 7.62. The Labute approximate surface area is 143 Å². The van der Waals surface area contributed by atoms with Gasteiger partial charge in [-0.1, -0.05) is 0 Å². The Bertz CT molecular complexity index is 516. The maximum absolute atomic E-state index is 11.8. The number of hydrogen-bond donors (Lipinski definition) is 2. The predicted octanol–water partition coefficient (Wildman–Crippen LogP) is 3.94. The van der Waals surface area contributed by atoms with Crippen LogP contribution in [0.3, 0.4) is 0 Å². The van der Waals surface area contributed by atoms with E-state index in [9.17, 15) is 4.79 Å². The molecule has 1 aliphatic carbocycles. The third-order valence-electron chi connectivity index (χ3n) is 4.11. The minimum Gasteiger partial charge on any atom is -0.444 e. The van der Waals surface area contributed by atoms with Gasteiger partial charge in [-0.15, -0.1) is 11.3 Å². The summed E-state index contributed by atoms with van der Waals surface area (Å²) in [5.74, 6) is 0. The van der Waals surface area contributed by atoms with E-state index in [0.717, 1.165) is 31.4 Å². The van der Waals surface area contributed by atoms with Gasteiger partial charge in [-0.05, 0) is 60.3 Å². The lowest BCUT2D eigenvalue weighted by Gasteiger charge is -2.32. The molecule has 2 rings (SSSR count). The Hall–Kier alpha value is -1.14. The Kier molecular flexibility index (Phi) is 6.03. The average molecular weight is 340 g/mol. The monoisotopic (exact) mass is 339 g/mol. The van der Waals surface area contributed by atoms with Gasteiger partial charge >= 0.3 is 6.09 Å². The van der Waals surface area contributed by atoms with Crippen molar-refractivity contribution in [3.8, 4) is 0 Å². The van der Waals surface area contributed by atoms with E-state index in [4.69, 9.17) is 4.74 Å². The molecule has 0 spiro atoms. The predicted molar refractivity (Wildman–Crippen MR) is 93.8 cm³/mol. The van der Waals surface area contributed by atoms with Gasteiger partial charge in [0.1, 0.15) is 5.60 Å². The van der Waals surface area contributed by atoms with Gasteiger partial charge in [0.25, 0.3) is 0 Å². The number of carbonyl (C=O) groups excluding carboxylic acids is 1. The van der Waals surface area contributed by atoms with Crippen LogP contribution < -0.4 is 10.6 Å². The van der Waals surface area contributed by atoms with Crippen molar-refractivity contribution in [1.29, 1.82) is 0 Å². The Morgan fingerprint density at radius 3 is 2.43 bits per heavy atom. The second-order valence-electron chi connectivity index (χ2n) is 7.39. The van der Waals surface area contributed by atoms with E-state index in [1.165, 1.54) is 4.88 Å². The third-order valence-corrected chi connectivity index (χ3v) is 5.22. The normalized spacial score (nSPS) is 23.3. The number of thiazole rings is 1. The van der Waals surface area contributed by atoms with Crippen LogP contribution in [0.15, 0.2) is 5.51 Å². The minimum atomic E-state index is -0.440. The number of nitrogens with one attached hydrogen (secondary N) is 2. The molecule has 1 amide bonds. The van der Waals surface area contributed by atoms with Gasteiger partial charge in [0.2, 0.25) is 0 Å². The molecule has 2 N–H and O–H groups in total. The van der Waals surface area contributed by atoms with Gasteiger partial charge in [0, 0.05) is 23.0 Å². The topological polar surface area (TPSA) is 63.2 Å². The molecule has 1 fully saturated rings. The van der Waals surface area contributed by atoms with Gasteiger partial charge < -0.3 is 15.4 Å². The first-order chi connectivity index (χ1) is 10.7. The van der Waals surface area contributed by atoms with E-state index in [0.29, 0.717) is 12.1 Å². The Morgan fingerprint density at radius 2 is 1.91 bits per heavy atom. The number of hydrogen-bond acceptors (Lipinski definition) is 5. The number of aromatic nitrogens is 1. The Balaban J connectivity index is 1.74. The number of nitrogens with zero attached hydrogens (tertiary/aromatic N) is 1. The van der Waals surface area contributed by atoms with Crippen LogP contribution in [0, 0.1) is 6.92 Å². The van der Waals surface area contributed by atoms with Gasteiger partial charge in [-0.2, -0.15) is 0 Å². The van der Waals surface area contributed by atoms with E-state index in [2.05, 4.69) is 29.5 Å². The molecule has 1 aromatic heterocycles. The molecule has 0 aromatic carbocycles. The highest BCUT2D eigenvalue weighted by Gasteiger charge is 2.26. The largest absolute Gasteiger partial charge is 0.444 e. The van der Waals surface area contributed by atoms with Gasteiger partial charge in [-0.25, -0.2) is 9.78 Å². The van der Waals surface area contributed by atoms with Crippen molar-refractivity contribution in [2.75, 3.05) is 0 Å². The highest BCUT2D eigenvalue weighted by molar-refractivity contribution is 7.09. The molecule has 0 saturated heterocycles. The number of amides is 1. The minimum absolute atomic E-state index is 0.225. The first-order valence-electron chi connectivity index (χ1n) is 8.40. The third kappa shape index (κ3) is 5.77. The molecular weight excluding hydrogens is 310 g/mol. The van der Waals surface area contributed by atoms with Crippen LogP contribution in [0.4, 0.5) is 4.79 Å². The summed E-state index contributed by atoms with van der Waals surface area (Å²) in [6.07, 6.45) is 3.82. The summed E-state index contributed by atoms with van der Waals surface area (Å²) >= 11 is 1.71. The van der Waals surface area contributed by atoms with E-state index in [-0.39, 0.29) is 12.1 Å². The number of ether oxygens (including phenoxy) is 1. The summed E-state index contributed by atoms with van der Waals surface area (Å²) in [7, 11) is 0. The lowest BCUT2D eigenvalue weighted by molar-refractivity contribution is 0.0489. The standard InChI is InChI=1S/C17H29N3O2S/c1-11-15(23-10-18-11)12(2)19-13-6-8-14(9-7-13)20-16(21)22-17(3,4)5/h10,12-14,19H,6-9H2,1-5H3,(H,20,21)/t12-,13?,14?/m0/s1. The molecule has 1 atom stereocenters. The van der Waals surface area contributed by atoms with E-state index in [1.54, 1.807) is 11.3 Å². The van der Waals surface area contributed by atoms with Crippen LogP contribution in [0.5, 0.6) is 0 Å². The molecule has 0 bridgehead atoms. The summed E-state index contributed by atoms with van der Waals surface area (Å²) in [6, 6.07) is 1.06. The fourth-order valence-corrected chi connectivity index (χ4v) is 3.85. The van der Waals surface area contributed by atoms with Crippen LogP contribution in [-0.4, -0.2) is 28.8 Å². The van der Waals surface area contributed by atoms with Crippen molar-refractivity contribution in [3.05, 3.63) is 16.1 Å². The molecule has 6 heteroatoms.